The number of nitrogens with zero attached hydrogens (tertiary/aromatic N) is 1. The van der Waals surface area contributed by atoms with Crippen molar-refractivity contribution in [3.8, 4) is 5.75 Å². The number of amides is 2. The number of benzene rings is 1. The number of fused-ring (bicyclic) bond motifs is 1. The van der Waals surface area contributed by atoms with Gasteiger partial charge >= 0.3 is 5.97 Å². The van der Waals surface area contributed by atoms with E-state index in [0.29, 0.717) is 22.7 Å². The van der Waals surface area contributed by atoms with Crippen molar-refractivity contribution >= 4 is 86.0 Å². The molecule has 13 heteroatoms. The van der Waals surface area contributed by atoms with Crippen LogP contribution >= 0.6 is 62.5 Å². The van der Waals surface area contributed by atoms with E-state index >= 15 is 0 Å². The molecule has 4 rings (SSSR count). The number of para-hydroxylation sites is 2. The number of nitrogens with one attached hydrogen (secondary N) is 2. The number of alkyl halides is 4. The topological polar surface area (TPSA) is 97.0 Å². The number of carbonyl (C=O) groups is 3. The van der Waals surface area contributed by atoms with E-state index < -0.39 is 38.6 Å². The van der Waals surface area contributed by atoms with Gasteiger partial charge in [0.1, 0.15) is 29.8 Å². The van der Waals surface area contributed by atoms with E-state index in [-0.39, 0.29) is 24.5 Å². The largest absolute Gasteiger partial charge is 0.488 e. The van der Waals surface area contributed by atoms with Crippen LogP contribution in [0.5, 0.6) is 5.75 Å². The summed E-state index contributed by atoms with van der Waals surface area (Å²) >= 11 is 22.0. The smallest absolute Gasteiger partial charge is 0.330 e. The van der Waals surface area contributed by atoms with Gasteiger partial charge in [0.15, 0.2) is 0 Å². The lowest BCUT2D eigenvalue weighted by atomic mass is 9.96. The second-order valence-electron chi connectivity index (χ2n) is 9.38. The molecular formula is C23H27BrCl3N3O5S. The molecule has 3 fully saturated rings. The van der Waals surface area contributed by atoms with Gasteiger partial charge in [0.05, 0.1) is 23.1 Å². The van der Waals surface area contributed by atoms with Gasteiger partial charge in [0.25, 0.3) is 0 Å². The van der Waals surface area contributed by atoms with Crippen LogP contribution in [-0.4, -0.2) is 73.3 Å². The van der Waals surface area contributed by atoms with E-state index in [1.165, 1.54) is 29.5 Å². The van der Waals surface area contributed by atoms with Gasteiger partial charge in [-0.25, -0.2) is 4.79 Å². The van der Waals surface area contributed by atoms with Gasteiger partial charge in [-0.2, -0.15) is 0 Å². The van der Waals surface area contributed by atoms with Crippen LogP contribution in [0, 0.1) is 5.92 Å². The van der Waals surface area contributed by atoms with Crippen LogP contribution in [0.15, 0.2) is 24.3 Å². The van der Waals surface area contributed by atoms with Crippen LogP contribution in [0.3, 0.4) is 0 Å². The van der Waals surface area contributed by atoms with Crippen molar-refractivity contribution in [2.24, 2.45) is 5.92 Å². The Morgan fingerprint density at radius 1 is 1.31 bits per heavy atom. The maximum absolute atomic E-state index is 13.0. The third kappa shape index (κ3) is 6.14. The van der Waals surface area contributed by atoms with Gasteiger partial charge in [-0.3, -0.25) is 9.59 Å². The highest BCUT2D eigenvalue weighted by atomic mass is 79.9. The van der Waals surface area contributed by atoms with Gasteiger partial charge in [0, 0.05) is 5.33 Å². The summed E-state index contributed by atoms with van der Waals surface area (Å²) in [5, 5.41) is 5.89. The minimum atomic E-state index is -1.76. The Hall–Kier alpha value is -1.07. The molecule has 198 valence electrons. The maximum Gasteiger partial charge on any atom is 0.330 e. The fourth-order valence-electron chi connectivity index (χ4n) is 4.33. The number of β-lactam (4-membered cyclic amide) rings is 1. The Morgan fingerprint density at radius 3 is 2.64 bits per heavy atom. The zero-order valence-electron chi connectivity index (χ0n) is 19.6. The predicted molar refractivity (Wildman–Crippen MR) is 145 cm³/mol. The SMILES string of the molecule is CC(Oc1ccccc1NCC(=O)NC1C(=O)N2C(C(=O)OCC(Cl)(Cl)Cl)C(C)(CBr)S[C@H]12)C1CC1. The van der Waals surface area contributed by atoms with Crippen LogP contribution in [0.1, 0.15) is 26.7 Å². The molecule has 0 aromatic heterocycles. The molecule has 1 aromatic carbocycles. The third-order valence-electron chi connectivity index (χ3n) is 6.43. The predicted octanol–water partition coefficient (Wildman–Crippen LogP) is 4.11. The van der Waals surface area contributed by atoms with Crippen molar-refractivity contribution < 1.29 is 23.9 Å². The number of ether oxygens (including phenoxy) is 2. The number of anilines is 1. The number of hydrogen-bond donors (Lipinski definition) is 2. The molecule has 0 radical (unpaired) electrons. The lowest BCUT2D eigenvalue weighted by Gasteiger charge is -2.44. The van der Waals surface area contributed by atoms with Crippen molar-refractivity contribution in [1.29, 1.82) is 0 Å². The number of hydrogen-bond acceptors (Lipinski definition) is 7. The Morgan fingerprint density at radius 2 is 2.00 bits per heavy atom. The quantitative estimate of drug-likeness (QED) is 0.225. The molecule has 0 bridgehead atoms. The second kappa shape index (κ2) is 11.0. The molecule has 3 aliphatic rings. The standard InChI is InChI=1S/C23H27BrCl3N3O5S/c1-12(13-7-8-13)35-15-6-4-3-5-14(15)28-9-16(31)29-17-19(32)30-18(21(33)34-11-23(25,26)27)22(2,10-24)36-20(17)30/h3-6,12-13,17-18,20,28H,7-11H2,1-2H3,(H,29,31)/t12?,17?,18?,20-,22?/m1/s1. The molecule has 2 saturated heterocycles. The molecule has 2 N–H and O–H groups in total. The van der Waals surface area contributed by atoms with Gasteiger partial charge < -0.3 is 25.0 Å². The van der Waals surface area contributed by atoms with Crippen LogP contribution in [0.2, 0.25) is 0 Å². The van der Waals surface area contributed by atoms with E-state index in [1.807, 2.05) is 31.2 Å². The van der Waals surface area contributed by atoms with Crippen molar-refractivity contribution in [1.82, 2.24) is 10.2 Å². The first-order valence-electron chi connectivity index (χ1n) is 11.5. The average Bonchev–Trinajstić information content (AvgIpc) is 3.64. The molecule has 8 nitrogen and oxygen atoms in total. The lowest BCUT2D eigenvalue weighted by Crippen LogP contribution is -2.71. The first-order valence-corrected chi connectivity index (χ1v) is 14.7. The molecule has 1 aliphatic carbocycles. The molecule has 0 spiro atoms. The molecule has 36 heavy (non-hydrogen) atoms. The summed E-state index contributed by atoms with van der Waals surface area (Å²) in [5.74, 6) is -0.0994. The third-order valence-corrected chi connectivity index (χ3v) is 9.94. The van der Waals surface area contributed by atoms with Gasteiger partial charge in [-0.15, -0.1) is 11.8 Å². The second-order valence-corrected chi connectivity index (χ2v) is 14.1. The highest BCUT2D eigenvalue weighted by molar-refractivity contribution is 9.09. The number of rotatable bonds is 10. The Labute approximate surface area is 237 Å². The first-order chi connectivity index (χ1) is 16.9. The van der Waals surface area contributed by atoms with Gasteiger partial charge in [-0.05, 0) is 44.7 Å². The van der Waals surface area contributed by atoms with Crippen molar-refractivity contribution in [3.05, 3.63) is 24.3 Å². The fraction of sp³-hybridized carbons (Fsp3) is 0.609. The zero-order chi connectivity index (χ0) is 26.3. The monoisotopic (exact) mass is 641 g/mol. The van der Waals surface area contributed by atoms with Crippen molar-refractivity contribution in [3.63, 3.8) is 0 Å². The summed E-state index contributed by atoms with van der Waals surface area (Å²) in [5.41, 5.74) is 0.709. The summed E-state index contributed by atoms with van der Waals surface area (Å²) in [6, 6.07) is 5.82. The summed E-state index contributed by atoms with van der Waals surface area (Å²) in [6.07, 6.45) is 2.45. The van der Waals surface area contributed by atoms with E-state index in [1.54, 1.807) is 0 Å². The van der Waals surface area contributed by atoms with Crippen molar-refractivity contribution in [2.45, 2.75) is 58.8 Å². The molecule has 2 heterocycles. The number of carbonyl (C=O) groups excluding carboxylic acids is 3. The summed E-state index contributed by atoms with van der Waals surface area (Å²) in [7, 11) is 0. The normalized spacial score (nSPS) is 28.1. The number of halogens is 4. The molecule has 1 aromatic rings. The molecular weight excluding hydrogens is 617 g/mol. The molecule has 5 atom stereocenters. The van der Waals surface area contributed by atoms with Gasteiger partial charge in [-0.1, -0.05) is 62.9 Å². The molecule has 4 unspecified atom stereocenters. The summed E-state index contributed by atoms with van der Waals surface area (Å²) in [4.78, 5) is 39.9. The van der Waals surface area contributed by atoms with E-state index in [9.17, 15) is 14.4 Å². The van der Waals surface area contributed by atoms with Crippen LogP contribution in [0.25, 0.3) is 0 Å². The van der Waals surface area contributed by atoms with E-state index in [2.05, 4.69) is 33.5 Å². The maximum atomic E-state index is 13.0. The molecule has 2 amide bonds. The number of esters is 1. The summed E-state index contributed by atoms with van der Waals surface area (Å²) < 4.78 is 8.81. The average molecular weight is 644 g/mol. The summed E-state index contributed by atoms with van der Waals surface area (Å²) in [6.45, 7) is 3.43. The van der Waals surface area contributed by atoms with Crippen LogP contribution in [-0.2, 0) is 19.1 Å². The zero-order valence-corrected chi connectivity index (χ0v) is 24.3. The van der Waals surface area contributed by atoms with E-state index in [0.717, 1.165) is 0 Å². The minimum absolute atomic E-state index is 0.0379. The van der Waals surface area contributed by atoms with E-state index in [4.69, 9.17) is 44.3 Å². The minimum Gasteiger partial charge on any atom is -0.488 e. The fourth-order valence-corrected chi connectivity index (χ4v) is 6.81. The molecule has 2 aliphatic heterocycles. The first kappa shape index (κ1) is 28.0. The number of thioether (sulfide) groups is 1. The van der Waals surface area contributed by atoms with Crippen molar-refractivity contribution in [2.75, 3.05) is 23.8 Å². The Balaban J connectivity index is 1.35. The van der Waals surface area contributed by atoms with Crippen LogP contribution in [0.4, 0.5) is 5.69 Å². The highest BCUT2D eigenvalue weighted by Gasteiger charge is 2.65. The Bertz CT molecular complexity index is 1030. The van der Waals surface area contributed by atoms with Crippen LogP contribution < -0.4 is 15.4 Å². The van der Waals surface area contributed by atoms with Gasteiger partial charge in [0.2, 0.25) is 15.6 Å². The Kier molecular flexibility index (Phi) is 8.51. The molecule has 1 saturated carbocycles. The highest BCUT2D eigenvalue weighted by Crippen LogP contribution is 2.52. The lowest BCUT2D eigenvalue weighted by molar-refractivity contribution is -0.164.